The third kappa shape index (κ3) is 3.54. The number of amides is 2. The number of benzene rings is 2. The van der Waals surface area contributed by atoms with E-state index in [0.717, 1.165) is 24.3 Å². The van der Waals surface area contributed by atoms with E-state index in [1.54, 1.807) is 0 Å². The van der Waals surface area contributed by atoms with Gasteiger partial charge in [0.15, 0.2) is 0 Å². The molecule has 0 saturated carbocycles. The number of nitro groups is 1. The SMILES string of the molecule is O=C1C(Cl)=C(Nc2cccc(C(F)(F)F)c2)C(=O)N1c1cccc([N+](=O)[O-])c1. The first kappa shape index (κ1) is 19.4. The molecule has 0 unspecified atom stereocenters. The maximum absolute atomic E-state index is 12.8. The molecular formula is C17H9ClF3N3O4. The molecule has 1 aliphatic heterocycles. The van der Waals surface area contributed by atoms with Crippen molar-refractivity contribution in [2.75, 3.05) is 10.2 Å². The molecule has 0 fully saturated rings. The number of non-ortho nitro benzene ring substituents is 1. The van der Waals surface area contributed by atoms with Crippen molar-refractivity contribution in [3.8, 4) is 0 Å². The summed E-state index contributed by atoms with van der Waals surface area (Å²) in [6.45, 7) is 0. The van der Waals surface area contributed by atoms with Crippen molar-refractivity contribution in [1.29, 1.82) is 0 Å². The van der Waals surface area contributed by atoms with Crippen LogP contribution in [0.15, 0.2) is 59.3 Å². The second-order valence-corrected chi connectivity index (χ2v) is 5.99. The fourth-order valence-electron chi connectivity index (χ4n) is 2.51. The Morgan fingerprint density at radius 2 is 1.71 bits per heavy atom. The first-order chi connectivity index (χ1) is 13.1. The minimum atomic E-state index is -4.60. The molecule has 2 amide bonds. The van der Waals surface area contributed by atoms with Crippen molar-refractivity contribution in [2.24, 2.45) is 0 Å². The maximum Gasteiger partial charge on any atom is 0.416 e. The van der Waals surface area contributed by atoms with Gasteiger partial charge >= 0.3 is 6.18 Å². The van der Waals surface area contributed by atoms with Crippen molar-refractivity contribution >= 4 is 40.5 Å². The second-order valence-electron chi connectivity index (χ2n) is 5.62. The highest BCUT2D eigenvalue weighted by atomic mass is 35.5. The summed E-state index contributed by atoms with van der Waals surface area (Å²) in [6.07, 6.45) is -4.60. The second kappa shape index (κ2) is 6.97. The highest BCUT2D eigenvalue weighted by Gasteiger charge is 2.39. The number of imide groups is 1. The molecule has 7 nitrogen and oxygen atoms in total. The van der Waals surface area contributed by atoms with E-state index in [0.29, 0.717) is 4.90 Å². The lowest BCUT2D eigenvalue weighted by atomic mass is 10.2. The quantitative estimate of drug-likeness (QED) is 0.465. The van der Waals surface area contributed by atoms with Gasteiger partial charge in [0.2, 0.25) is 0 Å². The molecule has 0 aliphatic carbocycles. The highest BCUT2D eigenvalue weighted by Crippen LogP contribution is 2.34. The summed E-state index contributed by atoms with van der Waals surface area (Å²) in [7, 11) is 0. The smallest absolute Gasteiger partial charge is 0.350 e. The minimum absolute atomic E-state index is 0.0943. The fourth-order valence-corrected chi connectivity index (χ4v) is 2.72. The van der Waals surface area contributed by atoms with Crippen LogP contribution >= 0.6 is 11.6 Å². The number of nitro benzene ring substituents is 1. The molecule has 3 rings (SSSR count). The predicted octanol–water partition coefficient (Wildman–Crippen LogP) is 4.05. The van der Waals surface area contributed by atoms with Gasteiger partial charge in [-0.3, -0.25) is 19.7 Å². The van der Waals surface area contributed by atoms with Crippen LogP contribution in [0.25, 0.3) is 0 Å². The Morgan fingerprint density at radius 1 is 1.04 bits per heavy atom. The van der Waals surface area contributed by atoms with Crippen LogP contribution in [-0.4, -0.2) is 16.7 Å². The number of alkyl halides is 3. The van der Waals surface area contributed by atoms with E-state index in [4.69, 9.17) is 11.6 Å². The van der Waals surface area contributed by atoms with Gasteiger partial charge in [-0.1, -0.05) is 23.7 Å². The number of carbonyl (C=O) groups excluding carboxylic acids is 2. The lowest BCUT2D eigenvalue weighted by molar-refractivity contribution is -0.384. The predicted molar refractivity (Wildman–Crippen MR) is 93.5 cm³/mol. The third-order valence-electron chi connectivity index (χ3n) is 3.79. The first-order valence-electron chi connectivity index (χ1n) is 7.57. The molecule has 1 aliphatic rings. The van der Waals surface area contributed by atoms with Crippen molar-refractivity contribution in [3.05, 3.63) is 74.9 Å². The van der Waals surface area contributed by atoms with Crippen LogP contribution in [0.3, 0.4) is 0 Å². The van der Waals surface area contributed by atoms with E-state index in [1.165, 1.54) is 24.3 Å². The van der Waals surface area contributed by atoms with E-state index in [-0.39, 0.29) is 17.1 Å². The van der Waals surface area contributed by atoms with Crippen molar-refractivity contribution in [2.45, 2.75) is 6.18 Å². The van der Waals surface area contributed by atoms with Crippen LogP contribution in [0.2, 0.25) is 0 Å². The van der Waals surface area contributed by atoms with Gasteiger partial charge < -0.3 is 5.32 Å². The normalized spacial score (nSPS) is 14.6. The van der Waals surface area contributed by atoms with E-state index in [2.05, 4.69) is 5.32 Å². The van der Waals surface area contributed by atoms with Crippen molar-refractivity contribution < 1.29 is 27.7 Å². The minimum Gasteiger partial charge on any atom is -0.350 e. The zero-order chi connectivity index (χ0) is 20.6. The Bertz CT molecular complexity index is 1040. The Morgan fingerprint density at radius 3 is 2.36 bits per heavy atom. The summed E-state index contributed by atoms with van der Waals surface area (Å²) in [5, 5.41) is 12.8. The zero-order valence-electron chi connectivity index (χ0n) is 13.7. The number of hydrogen-bond donors (Lipinski definition) is 1. The van der Waals surface area contributed by atoms with Crippen molar-refractivity contribution in [1.82, 2.24) is 0 Å². The monoisotopic (exact) mass is 411 g/mol. The largest absolute Gasteiger partial charge is 0.416 e. The van der Waals surface area contributed by atoms with Gasteiger partial charge in [0.05, 0.1) is 16.2 Å². The molecule has 0 atom stereocenters. The van der Waals surface area contributed by atoms with Crippen LogP contribution in [0, 0.1) is 10.1 Å². The van der Waals surface area contributed by atoms with Crippen LogP contribution in [0.5, 0.6) is 0 Å². The molecule has 2 aromatic carbocycles. The molecule has 0 saturated heterocycles. The number of halogens is 4. The van der Waals surface area contributed by atoms with Gasteiger partial charge in [-0.15, -0.1) is 0 Å². The number of nitrogens with one attached hydrogen (secondary N) is 1. The first-order valence-corrected chi connectivity index (χ1v) is 7.94. The summed E-state index contributed by atoms with van der Waals surface area (Å²) < 4.78 is 38.5. The summed E-state index contributed by atoms with van der Waals surface area (Å²) in [5.74, 6) is -1.91. The molecule has 0 bridgehead atoms. The molecule has 11 heteroatoms. The number of rotatable bonds is 4. The van der Waals surface area contributed by atoms with Gasteiger partial charge in [0.1, 0.15) is 10.7 Å². The summed E-state index contributed by atoms with van der Waals surface area (Å²) >= 11 is 5.90. The van der Waals surface area contributed by atoms with Gasteiger partial charge in [-0.2, -0.15) is 13.2 Å². The highest BCUT2D eigenvalue weighted by molar-refractivity contribution is 6.53. The van der Waals surface area contributed by atoms with E-state index in [9.17, 15) is 32.9 Å². The number of carbonyl (C=O) groups is 2. The Kier molecular flexibility index (Phi) is 4.82. The Labute approximate surface area is 160 Å². The Balaban J connectivity index is 1.92. The molecule has 0 radical (unpaired) electrons. The molecule has 144 valence electrons. The van der Waals surface area contributed by atoms with Gasteiger partial charge in [-0.25, -0.2) is 4.90 Å². The average molecular weight is 412 g/mol. The summed E-state index contributed by atoms with van der Waals surface area (Å²) in [4.78, 5) is 35.7. The van der Waals surface area contributed by atoms with Crippen LogP contribution in [0.1, 0.15) is 5.56 Å². The molecule has 1 heterocycles. The van der Waals surface area contributed by atoms with E-state index in [1.807, 2.05) is 0 Å². The van der Waals surface area contributed by atoms with Crippen LogP contribution in [0.4, 0.5) is 30.2 Å². The van der Waals surface area contributed by atoms with E-state index >= 15 is 0 Å². The zero-order valence-corrected chi connectivity index (χ0v) is 14.4. The third-order valence-corrected chi connectivity index (χ3v) is 4.14. The van der Waals surface area contributed by atoms with Crippen molar-refractivity contribution in [3.63, 3.8) is 0 Å². The number of hydrogen-bond acceptors (Lipinski definition) is 5. The summed E-state index contributed by atoms with van der Waals surface area (Å²) in [5.41, 5.74) is -1.94. The number of nitrogens with zero attached hydrogens (tertiary/aromatic N) is 2. The number of anilines is 2. The lowest BCUT2D eigenvalue weighted by Gasteiger charge is -2.15. The molecule has 1 N–H and O–H groups in total. The molecular weight excluding hydrogens is 403 g/mol. The fraction of sp³-hybridized carbons (Fsp3) is 0.0588. The van der Waals surface area contributed by atoms with Gasteiger partial charge in [0.25, 0.3) is 17.5 Å². The Hall–Kier alpha value is -3.40. The van der Waals surface area contributed by atoms with Crippen LogP contribution < -0.4 is 10.2 Å². The molecule has 28 heavy (non-hydrogen) atoms. The molecule has 0 aromatic heterocycles. The molecule has 0 spiro atoms. The molecule has 2 aromatic rings. The van der Waals surface area contributed by atoms with Gasteiger partial charge in [-0.05, 0) is 24.3 Å². The summed E-state index contributed by atoms with van der Waals surface area (Å²) in [6, 6.07) is 8.74. The van der Waals surface area contributed by atoms with Gasteiger partial charge in [0, 0.05) is 17.8 Å². The topological polar surface area (TPSA) is 92.6 Å². The van der Waals surface area contributed by atoms with E-state index < -0.39 is 39.2 Å². The maximum atomic E-state index is 12.8. The van der Waals surface area contributed by atoms with Crippen LogP contribution in [-0.2, 0) is 15.8 Å². The average Bonchev–Trinajstić information content (AvgIpc) is 2.85. The standard InChI is InChI=1S/C17H9ClF3N3O4/c18-13-14(22-10-4-1-3-9(7-10)17(19,20)21)16(26)23(15(13)25)11-5-2-6-12(8-11)24(27)28/h1-8,22H. The lowest BCUT2D eigenvalue weighted by Crippen LogP contribution is -2.32.